The van der Waals surface area contributed by atoms with E-state index in [9.17, 15) is 9.90 Å². The van der Waals surface area contributed by atoms with Gasteiger partial charge in [-0.05, 0) is 30.5 Å². The van der Waals surface area contributed by atoms with Gasteiger partial charge in [-0.15, -0.1) is 0 Å². The van der Waals surface area contributed by atoms with Crippen LogP contribution in [0.3, 0.4) is 0 Å². The average Bonchev–Trinajstić information content (AvgIpc) is 2.58. The third-order valence-electron chi connectivity index (χ3n) is 2.78. The molecule has 1 aliphatic rings. The first-order valence-corrected chi connectivity index (χ1v) is 6.39. The van der Waals surface area contributed by atoms with Crippen LogP contribution in [-0.4, -0.2) is 22.9 Å². The van der Waals surface area contributed by atoms with Gasteiger partial charge in [-0.3, -0.25) is 4.79 Å². The van der Waals surface area contributed by atoms with Crippen LogP contribution in [0.1, 0.15) is 12.0 Å². The lowest BCUT2D eigenvalue weighted by Gasteiger charge is -2.17. The Morgan fingerprint density at radius 3 is 2.81 bits per heavy atom. The summed E-state index contributed by atoms with van der Waals surface area (Å²) in [5.74, 6) is 0.717. The number of carbonyl (C=O) groups is 1. The number of aromatic hydroxyl groups is 1. The first kappa shape index (κ1) is 11.5. The quantitative estimate of drug-likeness (QED) is 0.847. The van der Waals surface area contributed by atoms with E-state index in [1.165, 1.54) is 0 Å². The fourth-order valence-electron chi connectivity index (χ4n) is 2.03. The van der Waals surface area contributed by atoms with Crippen molar-refractivity contribution in [2.24, 2.45) is 5.92 Å². The van der Waals surface area contributed by atoms with E-state index >= 15 is 0 Å². The lowest BCUT2D eigenvalue weighted by Crippen LogP contribution is -2.24. The van der Waals surface area contributed by atoms with Gasteiger partial charge in [-0.2, -0.15) is 0 Å². The predicted molar refractivity (Wildman–Crippen MR) is 67.1 cm³/mol. The zero-order valence-electron chi connectivity index (χ0n) is 9.11. The second kappa shape index (κ2) is 4.45. The SMILES string of the molecule is Cc1cc(O)cc(N2CC(CBr)CC2=O)c1. The van der Waals surface area contributed by atoms with E-state index in [1.807, 2.05) is 13.0 Å². The van der Waals surface area contributed by atoms with Gasteiger partial charge in [0.05, 0.1) is 0 Å². The fourth-order valence-corrected chi connectivity index (χ4v) is 2.47. The van der Waals surface area contributed by atoms with E-state index in [2.05, 4.69) is 15.9 Å². The number of halogens is 1. The number of amides is 1. The molecule has 1 aromatic rings. The van der Waals surface area contributed by atoms with Crippen molar-refractivity contribution in [3.8, 4) is 5.75 Å². The summed E-state index contributed by atoms with van der Waals surface area (Å²) >= 11 is 3.40. The van der Waals surface area contributed by atoms with E-state index in [1.54, 1.807) is 17.0 Å². The number of rotatable bonds is 2. The minimum absolute atomic E-state index is 0.134. The van der Waals surface area contributed by atoms with Gasteiger partial charge >= 0.3 is 0 Å². The smallest absolute Gasteiger partial charge is 0.227 e. The molecule has 1 saturated heterocycles. The molecule has 1 aromatic carbocycles. The number of anilines is 1. The first-order valence-electron chi connectivity index (χ1n) is 5.27. The van der Waals surface area contributed by atoms with Crippen molar-refractivity contribution in [3.63, 3.8) is 0 Å². The van der Waals surface area contributed by atoms with Gasteiger partial charge in [-0.25, -0.2) is 0 Å². The monoisotopic (exact) mass is 283 g/mol. The molecule has 1 fully saturated rings. The summed E-state index contributed by atoms with van der Waals surface area (Å²) in [4.78, 5) is 13.5. The molecule has 86 valence electrons. The Labute approximate surface area is 103 Å². The first-order chi connectivity index (χ1) is 7.60. The average molecular weight is 284 g/mol. The van der Waals surface area contributed by atoms with Crippen LogP contribution in [0.4, 0.5) is 5.69 Å². The number of phenols is 1. The highest BCUT2D eigenvalue weighted by Gasteiger charge is 2.29. The molecule has 1 unspecified atom stereocenters. The number of hydrogen-bond donors (Lipinski definition) is 1. The Kier molecular flexibility index (Phi) is 3.19. The second-order valence-corrected chi connectivity index (χ2v) is 4.90. The molecule has 0 aromatic heterocycles. The summed E-state index contributed by atoms with van der Waals surface area (Å²) < 4.78 is 0. The minimum atomic E-state index is 0.134. The molecule has 3 nitrogen and oxygen atoms in total. The minimum Gasteiger partial charge on any atom is -0.508 e. The molecule has 16 heavy (non-hydrogen) atoms. The zero-order valence-corrected chi connectivity index (χ0v) is 10.7. The fraction of sp³-hybridized carbons (Fsp3) is 0.417. The number of nitrogens with zero attached hydrogens (tertiary/aromatic N) is 1. The van der Waals surface area contributed by atoms with E-state index in [0.717, 1.165) is 23.1 Å². The molecular weight excluding hydrogens is 270 g/mol. The van der Waals surface area contributed by atoms with Crippen LogP contribution in [0.2, 0.25) is 0 Å². The van der Waals surface area contributed by atoms with Gasteiger partial charge in [0, 0.05) is 30.0 Å². The van der Waals surface area contributed by atoms with Crippen molar-refractivity contribution >= 4 is 27.5 Å². The molecule has 0 saturated carbocycles. The van der Waals surface area contributed by atoms with Crippen LogP contribution in [-0.2, 0) is 4.79 Å². The van der Waals surface area contributed by atoms with Crippen molar-refractivity contribution in [1.29, 1.82) is 0 Å². The maximum absolute atomic E-state index is 11.8. The molecule has 1 aliphatic heterocycles. The summed E-state index contributed by atoms with van der Waals surface area (Å²) in [6, 6.07) is 5.25. The van der Waals surface area contributed by atoms with E-state index in [4.69, 9.17) is 0 Å². The summed E-state index contributed by atoms with van der Waals surface area (Å²) in [6.07, 6.45) is 0.583. The summed E-state index contributed by atoms with van der Waals surface area (Å²) in [5.41, 5.74) is 1.76. The molecule has 0 aliphatic carbocycles. The maximum atomic E-state index is 11.8. The van der Waals surface area contributed by atoms with Crippen molar-refractivity contribution in [2.45, 2.75) is 13.3 Å². The van der Waals surface area contributed by atoms with Gasteiger partial charge in [0.15, 0.2) is 0 Å². The Balaban J connectivity index is 2.27. The van der Waals surface area contributed by atoms with Crippen LogP contribution < -0.4 is 4.90 Å². The molecule has 2 rings (SSSR count). The lowest BCUT2D eigenvalue weighted by atomic mass is 10.1. The molecule has 4 heteroatoms. The van der Waals surface area contributed by atoms with Gasteiger partial charge in [-0.1, -0.05) is 15.9 Å². The summed E-state index contributed by atoms with van der Waals surface area (Å²) in [6.45, 7) is 2.64. The highest BCUT2D eigenvalue weighted by atomic mass is 79.9. The van der Waals surface area contributed by atoms with Crippen LogP contribution in [0.15, 0.2) is 18.2 Å². The second-order valence-electron chi connectivity index (χ2n) is 4.26. The number of aryl methyl sites for hydroxylation is 1. The highest BCUT2D eigenvalue weighted by Crippen LogP contribution is 2.29. The third-order valence-corrected chi connectivity index (χ3v) is 3.70. The molecule has 0 spiro atoms. The molecule has 1 amide bonds. The Morgan fingerprint density at radius 1 is 1.50 bits per heavy atom. The summed E-state index contributed by atoms with van der Waals surface area (Å²) in [5, 5.41) is 10.4. The van der Waals surface area contributed by atoms with Crippen molar-refractivity contribution in [1.82, 2.24) is 0 Å². The van der Waals surface area contributed by atoms with Gasteiger partial charge < -0.3 is 10.0 Å². The Hall–Kier alpha value is -1.03. The molecule has 0 radical (unpaired) electrons. The molecular formula is C12H14BrNO2. The zero-order chi connectivity index (χ0) is 11.7. The van der Waals surface area contributed by atoms with Gasteiger partial charge in [0.25, 0.3) is 0 Å². The Bertz CT molecular complexity index is 399. The standard InChI is InChI=1S/C12H14BrNO2/c1-8-2-10(5-11(15)3-8)14-7-9(6-13)4-12(14)16/h2-3,5,9,15H,4,6-7H2,1H3. The van der Waals surface area contributed by atoms with Crippen LogP contribution in [0.25, 0.3) is 0 Å². The largest absolute Gasteiger partial charge is 0.508 e. The predicted octanol–water partition coefficient (Wildman–Crippen LogP) is 2.45. The number of phenolic OH excluding ortho intramolecular Hbond substituents is 1. The number of benzene rings is 1. The van der Waals surface area contributed by atoms with Crippen LogP contribution >= 0.6 is 15.9 Å². The van der Waals surface area contributed by atoms with Crippen molar-refractivity contribution in [2.75, 3.05) is 16.8 Å². The van der Waals surface area contributed by atoms with E-state index in [0.29, 0.717) is 12.3 Å². The van der Waals surface area contributed by atoms with Crippen molar-refractivity contribution < 1.29 is 9.90 Å². The highest BCUT2D eigenvalue weighted by molar-refractivity contribution is 9.09. The number of hydrogen-bond acceptors (Lipinski definition) is 2. The molecule has 0 bridgehead atoms. The number of carbonyl (C=O) groups excluding carboxylic acids is 1. The lowest BCUT2D eigenvalue weighted by molar-refractivity contribution is -0.117. The summed E-state index contributed by atoms with van der Waals surface area (Å²) in [7, 11) is 0. The maximum Gasteiger partial charge on any atom is 0.227 e. The normalized spacial score (nSPS) is 20.5. The van der Waals surface area contributed by atoms with Crippen molar-refractivity contribution in [3.05, 3.63) is 23.8 Å². The van der Waals surface area contributed by atoms with Gasteiger partial charge in [0.1, 0.15) is 5.75 Å². The topological polar surface area (TPSA) is 40.5 Å². The Morgan fingerprint density at radius 2 is 2.25 bits per heavy atom. The molecule has 1 heterocycles. The van der Waals surface area contributed by atoms with Gasteiger partial charge in [0.2, 0.25) is 5.91 Å². The number of alkyl halides is 1. The van der Waals surface area contributed by atoms with Crippen LogP contribution in [0, 0.1) is 12.8 Å². The molecule has 1 N–H and O–H groups in total. The third kappa shape index (κ3) is 2.21. The van der Waals surface area contributed by atoms with E-state index in [-0.39, 0.29) is 11.7 Å². The van der Waals surface area contributed by atoms with E-state index < -0.39 is 0 Å². The van der Waals surface area contributed by atoms with Crippen LogP contribution in [0.5, 0.6) is 5.75 Å². The molecule has 1 atom stereocenters.